The lowest BCUT2D eigenvalue weighted by Crippen LogP contribution is -2.29. The van der Waals surface area contributed by atoms with E-state index in [2.05, 4.69) is 17.5 Å². The zero-order valence-corrected chi connectivity index (χ0v) is 13.2. The molecule has 0 unspecified atom stereocenters. The number of hydrogen-bond acceptors (Lipinski definition) is 5. The minimum absolute atomic E-state index is 0.0183. The van der Waals surface area contributed by atoms with Crippen LogP contribution < -0.4 is 10.4 Å². The molecule has 4 rings (SSSR count). The van der Waals surface area contributed by atoms with E-state index in [0.717, 1.165) is 23.2 Å². The fourth-order valence-corrected chi connectivity index (χ4v) is 3.85. The molecule has 6 nitrogen and oxygen atoms in total. The van der Waals surface area contributed by atoms with Crippen LogP contribution >= 0.6 is 0 Å². The van der Waals surface area contributed by atoms with Gasteiger partial charge >= 0.3 is 0 Å². The van der Waals surface area contributed by atoms with E-state index >= 15 is 0 Å². The van der Waals surface area contributed by atoms with E-state index in [4.69, 9.17) is 0 Å². The summed E-state index contributed by atoms with van der Waals surface area (Å²) in [5, 5.41) is 25.5. The van der Waals surface area contributed by atoms with Crippen molar-refractivity contribution in [1.29, 1.82) is 0 Å². The molecule has 0 radical (unpaired) electrons. The topological polar surface area (TPSA) is 95.3 Å². The Morgan fingerprint density at radius 2 is 1.92 bits per heavy atom. The Bertz CT molecular complexity index is 889. The van der Waals surface area contributed by atoms with E-state index in [1.807, 2.05) is 0 Å². The molecule has 0 saturated carbocycles. The third kappa shape index (κ3) is 2.55. The Kier molecular flexibility index (Phi) is 3.53. The van der Waals surface area contributed by atoms with Crippen LogP contribution in [0, 0.1) is 16.0 Å². The van der Waals surface area contributed by atoms with Gasteiger partial charge in [0.05, 0.1) is 16.9 Å². The minimum atomic E-state index is -1.19. The molecule has 1 aliphatic carbocycles. The third-order valence-corrected chi connectivity index (χ3v) is 5.06. The van der Waals surface area contributed by atoms with Gasteiger partial charge in [-0.15, -0.1) is 0 Å². The molecule has 3 atom stereocenters. The van der Waals surface area contributed by atoms with Crippen LogP contribution in [0.2, 0.25) is 0 Å². The van der Waals surface area contributed by atoms with Gasteiger partial charge in [-0.2, -0.15) is 0 Å². The largest absolute Gasteiger partial charge is 0.545 e. The van der Waals surface area contributed by atoms with Crippen molar-refractivity contribution in [3.05, 3.63) is 81.4 Å². The highest BCUT2D eigenvalue weighted by Gasteiger charge is 2.38. The molecule has 0 aromatic heterocycles. The Morgan fingerprint density at radius 1 is 1.16 bits per heavy atom. The fourth-order valence-electron chi connectivity index (χ4n) is 3.85. The van der Waals surface area contributed by atoms with Crippen molar-refractivity contribution in [3.8, 4) is 0 Å². The van der Waals surface area contributed by atoms with Crippen LogP contribution in [0.3, 0.4) is 0 Å². The SMILES string of the molecule is O=C([O-])c1ccc([C@@H]2Nc3ccc([N+](=O)[O-])cc3[C@H]3C=CC[C@H]32)cc1. The summed E-state index contributed by atoms with van der Waals surface area (Å²) in [6, 6.07) is 11.6. The zero-order valence-electron chi connectivity index (χ0n) is 13.2. The summed E-state index contributed by atoms with van der Waals surface area (Å²) < 4.78 is 0. The molecule has 1 aliphatic heterocycles. The van der Waals surface area contributed by atoms with Crippen LogP contribution in [-0.4, -0.2) is 10.9 Å². The first-order chi connectivity index (χ1) is 12.0. The Balaban J connectivity index is 1.72. The lowest BCUT2D eigenvalue weighted by atomic mass is 9.77. The number of non-ortho nitro benzene ring substituents is 1. The highest BCUT2D eigenvalue weighted by atomic mass is 16.6. The predicted octanol–water partition coefficient (Wildman–Crippen LogP) is 2.78. The smallest absolute Gasteiger partial charge is 0.269 e. The summed E-state index contributed by atoms with van der Waals surface area (Å²) in [4.78, 5) is 21.6. The quantitative estimate of drug-likeness (QED) is 0.529. The van der Waals surface area contributed by atoms with Gasteiger partial charge in [0.2, 0.25) is 0 Å². The van der Waals surface area contributed by atoms with Crippen molar-refractivity contribution in [2.45, 2.75) is 18.4 Å². The first-order valence-electron chi connectivity index (χ1n) is 8.07. The summed E-state index contributed by atoms with van der Waals surface area (Å²) in [5.74, 6) is -0.841. The monoisotopic (exact) mass is 335 g/mol. The number of benzene rings is 2. The average Bonchev–Trinajstić information content (AvgIpc) is 3.10. The molecular formula is C19H15N2O4-. The van der Waals surface area contributed by atoms with Gasteiger partial charge < -0.3 is 15.2 Å². The first-order valence-corrected chi connectivity index (χ1v) is 8.07. The Hall–Kier alpha value is -3.15. The summed E-state index contributed by atoms with van der Waals surface area (Å²) in [5.41, 5.74) is 3.06. The molecule has 6 heteroatoms. The summed E-state index contributed by atoms with van der Waals surface area (Å²) in [6.45, 7) is 0. The third-order valence-electron chi connectivity index (χ3n) is 5.06. The number of anilines is 1. The number of nitro benzene ring substituents is 1. The van der Waals surface area contributed by atoms with Gasteiger partial charge in [-0.25, -0.2) is 0 Å². The normalized spacial score (nSPS) is 23.4. The van der Waals surface area contributed by atoms with Gasteiger partial charge in [-0.1, -0.05) is 36.4 Å². The molecule has 0 fully saturated rings. The predicted molar refractivity (Wildman–Crippen MR) is 90.2 cm³/mol. The van der Waals surface area contributed by atoms with Crippen LogP contribution in [0.1, 0.15) is 39.9 Å². The number of nitrogens with one attached hydrogen (secondary N) is 1. The van der Waals surface area contributed by atoms with Crippen molar-refractivity contribution in [2.75, 3.05) is 5.32 Å². The second kappa shape index (κ2) is 5.73. The van der Waals surface area contributed by atoms with Crippen LogP contribution in [0.4, 0.5) is 11.4 Å². The zero-order chi connectivity index (χ0) is 17.6. The summed E-state index contributed by atoms with van der Waals surface area (Å²) in [7, 11) is 0. The van der Waals surface area contributed by atoms with Crippen molar-refractivity contribution < 1.29 is 14.8 Å². The Labute approximate surface area is 144 Å². The average molecular weight is 335 g/mol. The summed E-state index contributed by atoms with van der Waals surface area (Å²) >= 11 is 0. The molecular weight excluding hydrogens is 320 g/mol. The number of fused-ring (bicyclic) bond motifs is 3. The molecule has 2 aliphatic rings. The van der Waals surface area contributed by atoms with Gasteiger partial charge in [0.25, 0.3) is 5.69 Å². The van der Waals surface area contributed by atoms with Crippen molar-refractivity contribution in [3.63, 3.8) is 0 Å². The van der Waals surface area contributed by atoms with Crippen molar-refractivity contribution >= 4 is 17.3 Å². The van der Waals surface area contributed by atoms with E-state index in [0.29, 0.717) is 0 Å². The number of carbonyl (C=O) groups is 1. The van der Waals surface area contributed by atoms with E-state index in [9.17, 15) is 20.0 Å². The van der Waals surface area contributed by atoms with E-state index < -0.39 is 5.97 Å². The number of aromatic carboxylic acids is 1. The molecule has 25 heavy (non-hydrogen) atoms. The number of rotatable bonds is 3. The number of hydrogen-bond donors (Lipinski definition) is 1. The minimum Gasteiger partial charge on any atom is -0.545 e. The van der Waals surface area contributed by atoms with Crippen molar-refractivity contribution in [1.82, 2.24) is 0 Å². The molecule has 1 heterocycles. The molecule has 126 valence electrons. The molecule has 1 N–H and O–H groups in total. The van der Waals surface area contributed by atoms with Crippen LogP contribution in [0.15, 0.2) is 54.6 Å². The maximum absolute atomic E-state index is 11.1. The number of carboxylic acids is 1. The lowest BCUT2D eigenvalue weighted by Gasteiger charge is -2.37. The number of carboxylic acid groups (broad SMARTS) is 1. The van der Waals surface area contributed by atoms with Crippen LogP contribution in [0.25, 0.3) is 0 Å². The van der Waals surface area contributed by atoms with Crippen molar-refractivity contribution in [2.24, 2.45) is 5.92 Å². The van der Waals surface area contributed by atoms with Crippen LogP contribution in [-0.2, 0) is 0 Å². The van der Waals surface area contributed by atoms with E-state index in [1.165, 1.54) is 6.07 Å². The second-order valence-corrected chi connectivity index (χ2v) is 6.41. The van der Waals surface area contributed by atoms with Gasteiger partial charge in [0.1, 0.15) is 0 Å². The maximum atomic E-state index is 11.1. The highest BCUT2D eigenvalue weighted by Crippen LogP contribution is 2.50. The van der Waals surface area contributed by atoms with Crippen LogP contribution in [0.5, 0.6) is 0 Å². The van der Waals surface area contributed by atoms with Gasteiger partial charge in [-0.3, -0.25) is 10.1 Å². The first kappa shape index (κ1) is 15.4. The number of allylic oxidation sites excluding steroid dienone is 2. The standard InChI is InChI=1S/C19H16N2O4/c22-19(23)12-6-4-11(5-7-12)18-15-3-1-2-14(15)16-10-13(21(24)25)8-9-17(16)20-18/h1-2,4-10,14-15,18,20H,3H2,(H,22,23)/p-1/t14-,15+,18-/m0/s1. The van der Waals surface area contributed by atoms with E-state index in [-0.39, 0.29) is 34.1 Å². The molecule has 0 amide bonds. The summed E-state index contributed by atoms with van der Waals surface area (Å²) in [6.07, 6.45) is 5.08. The highest BCUT2D eigenvalue weighted by molar-refractivity contribution is 5.85. The lowest BCUT2D eigenvalue weighted by molar-refractivity contribution is -0.384. The number of nitro groups is 1. The molecule has 2 aromatic carbocycles. The molecule has 2 aromatic rings. The number of nitrogens with zero attached hydrogens (tertiary/aromatic N) is 1. The molecule has 0 bridgehead atoms. The molecule has 0 spiro atoms. The maximum Gasteiger partial charge on any atom is 0.269 e. The van der Waals surface area contributed by atoms with Gasteiger partial charge in [-0.05, 0) is 35.1 Å². The van der Waals surface area contributed by atoms with Gasteiger partial charge in [0.15, 0.2) is 0 Å². The number of carbonyl (C=O) groups excluding carboxylic acids is 1. The fraction of sp³-hybridized carbons (Fsp3) is 0.211. The van der Waals surface area contributed by atoms with Gasteiger partial charge in [0, 0.05) is 23.7 Å². The molecule has 0 saturated heterocycles. The second-order valence-electron chi connectivity index (χ2n) is 6.41. The Morgan fingerprint density at radius 3 is 2.60 bits per heavy atom. The van der Waals surface area contributed by atoms with E-state index in [1.54, 1.807) is 36.4 Å².